The zero-order chi connectivity index (χ0) is 18.2. The first-order valence-electron chi connectivity index (χ1n) is 7.93. The van der Waals surface area contributed by atoms with Crippen LogP contribution in [0.3, 0.4) is 0 Å². The van der Waals surface area contributed by atoms with E-state index in [0.717, 1.165) is 16.2 Å². The molecule has 0 heterocycles. The second-order valence-electron chi connectivity index (χ2n) is 5.59. The van der Waals surface area contributed by atoms with Gasteiger partial charge in [0.1, 0.15) is 12.4 Å². The molecule has 5 nitrogen and oxygen atoms in total. The predicted molar refractivity (Wildman–Crippen MR) is 100.0 cm³/mol. The van der Waals surface area contributed by atoms with Crippen molar-refractivity contribution in [3.05, 3.63) is 59.7 Å². The van der Waals surface area contributed by atoms with Gasteiger partial charge in [-0.15, -0.1) is 11.8 Å². The number of thioether (sulfide) groups is 1. The number of carbonyl (C=O) groups is 2. The first-order chi connectivity index (χ1) is 12.0. The Bertz CT molecular complexity index is 749. The van der Waals surface area contributed by atoms with E-state index in [1.165, 1.54) is 11.8 Å². The van der Waals surface area contributed by atoms with Crippen LogP contribution in [0, 0.1) is 6.92 Å². The summed E-state index contributed by atoms with van der Waals surface area (Å²) in [4.78, 5) is 26.0. The lowest BCUT2D eigenvalue weighted by atomic mass is 10.2. The van der Waals surface area contributed by atoms with Gasteiger partial charge in [-0.2, -0.15) is 0 Å². The summed E-state index contributed by atoms with van der Waals surface area (Å²) in [6.45, 7) is 2.85. The lowest BCUT2D eigenvalue weighted by Gasteiger charge is -2.19. The fourth-order valence-corrected chi connectivity index (χ4v) is 3.02. The number of amides is 2. The molecule has 0 bridgehead atoms. The molecule has 0 radical (unpaired) electrons. The van der Waals surface area contributed by atoms with Crippen LogP contribution in [0.4, 0.5) is 0 Å². The van der Waals surface area contributed by atoms with Crippen molar-refractivity contribution in [2.24, 2.45) is 5.73 Å². The maximum Gasteiger partial charge on any atom is 0.254 e. The predicted octanol–water partition coefficient (Wildman–Crippen LogP) is 2.72. The van der Waals surface area contributed by atoms with Crippen molar-refractivity contribution < 1.29 is 14.3 Å². The molecule has 0 unspecified atom stereocenters. The minimum absolute atomic E-state index is 0.110. The number of benzene rings is 2. The smallest absolute Gasteiger partial charge is 0.254 e. The molecular weight excluding hydrogens is 336 g/mol. The standard InChI is InChI=1S/C19H22N2O3S/c1-14-7-3-5-9-16(14)24-12-11-21(2)19(23)15-8-4-6-10-17(15)25-13-18(20)22/h3-10H,11-13H2,1-2H3,(H2,20,22). The first-order valence-corrected chi connectivity index (χ1v) is 8.91. The van der Waals surface area contributed by atoms with Crippen molar-refractivity contribution in [3.8, 4) is 5.75 Å². The maximum atomic E-state index is 12.7. The van der Waals surface area contributed by atoms with E-state index < -0.39 is 5.91 Å². The van der Waals surface area contributed by atoms with E-state index >= 15 is 0 Å². The molecular formula is C19H22N2O3S. The summed E-state index contributed by atoms with van der Waals surface area (Å²) in [5, 5.41) is 0. The number of primary amides is 1. The molecule has 2 aromatic carbocycles. The summed E-state index contributed by atoms with van der Waals surface area (Å²) in [7, 11) is 1.74. The minimum Gasteiger partial charge on any atom is -0.491 e. The van der Waals surface area contributed by atoms with Gasteiger partial charge < -0.3 is 15.4 Å². The number of nitrogens with two attached hydrogens (primary N) is 1. The second-order valence-corrected chi connectivity index (χ2v) is 6.61. The molecule has 0 saturated carbocycles. The normalized spacial score (nSPS) is 10.3. The lowest BCUT2D eigenvalue weighted by Crippen LogP contribution is -2.31. The van der Waals surface area contributed by atoms with Gasteiger partial charge in [0.15, 0.2) is 0 Å². The SMILES string of the molecule is Cc1ccccc1OCCN(C)C(=O)c1ccccc1SCC(N)=O. The summed E-state index contributed by atoms with van der Waals surface area (Å²) < 4.78 is 5.74. The van der Waals surface area contributed by atoms with Crippen LogP contribution in [0.5, 0.6) is 5.75 Å². The lowest BCUT2D eigenvalue weighted by molar-refractivity contribution is -0.115. The number of rotatable bonds is 8. The van der Waals surface area contributed by atoms with Crippen LogP contribution in [-0.4, -0.2) is 42.7 Å². The molecule has 2 rings (SSSR count). The molecule has 2 aromatic rings. The molecule has 132 valence electrons. The van der Waals surface area contributed by atoms with Crippen LogP contribution >= 0.6 is 11.8 Å². The third-order valence-corrected chi connectivity index (χ3v) is 4.71. The third-order valence-electron chi connectivity index (χ3n) is 3.61. The molecule has 0 saturated heterocycles. The Balaban J connectivity index is 1.95. The van der Waals surface area contributed by atoms with Gasteiger partial charge in [-0.3, -0.25) is 9.59 Å². The summed E-state index contributed by atoms with van der Waals surface area (Å²) in [6.07, 6.45) is 0. The number of likely N-dealkylation sites (N-methyl/N-ethyl adjacent to an activating group) is 1. The topological polar surface area (TPSA) is 72.6 Å². The average molecular weight is 358 g/mol. The van der Waals surface area contributed by atoms with E-state index in [1.54, 1.807) is 24.1 Å². The highest BCUT2D eigenvalue weighted by Crippen LogP contribution is 2.23. The fraction of sp³-hybridized carbons (Fsp3) is 0.263. The minimum atomic E-state index is -0.410. The highest BCUT2D eigenvalue weighted by Gasteiger charge is 2.16. The van der Waals surface area contributed by atoms with Gasteiger partial charge in [0, 0.05) is 11.9 Å². The largest absolute Gasteiger partial charge is 0.491 e. The van der Waals surface area contributed by atoms with Gasteiger partial charge in [-0.1, -0.05) is 30.3 Å². The Kier molecular flexibility index (Phi) is 6.89. The number of hydrogen-bond donors (Lipinski definition) is 1. The monoisotopic (exact) mass is 358 g/mol. The molecule has 2 amide bonds. The zero-order valence-corrected chi connectivity index (χ0v) is 15.2. The van der Waals surface area contributed by atoms with E-state index in [9.17, 15) is 9.59 Å². The van der Waals surface area contributed by atoms with Crippen LogP contribution in [-0.2, 0) is 4.79 Å². The maximum absolute atomic E-state index is 12.7. The molecule has 0 aliphatic carbocycles. The van der Waals surface area contributed by atoms with Gasteiger partial charge in [-0.25, -0.2) is 0 Å². The highest BCUT2D eigenvalue weighted by atomic mass is 32.2. The van der Waals surface area contributed by atoms with Crippen LogP contribution < -0.4 is 10.5 Å². The van der Waals surface area contributed by atoms with Gasteiger partial charge in [0.2, 0.25) is 5.91 Å². The summed E-state index contributed by atoms with van der Waals surface area (Å²) >= 11 is 1.27. The van der Waals surface area contributed by atoms with Crippen molar-refractivity contribution in [1.29, 1.82) is 0 Å². The van der Waals surface area contributed by atoms with Crippen molar-refractivity contribution in [3.63, 3.8) is 0 Å². The van der Waals surface area contributed by atoms with Crippen molar-refractivity contribution in [2.45, 2.75) is 11.8 Å². The number of carbonyl (C=O) groups excluding carboxylic acids is 2. The molecule has 0 aliphatic rings. The Hall–Kier alpha value is -2.47. The second kappa shape index (κ2) is 9.13. The van der Waals surface area contributed by atoms with Crippen LogP contribution in [0.1, 0.15) is 15.9 Å². The number of nitrogens with zero attached hydrogens (tertiary/aromatic N) is 1. The molecule has 0 aliphatic heterocycles. The molecule has 0 spiro atoms. The van der Waals surface area contributed by atoms with E-state index in [1.807, 2.05) is 43.3 Å². The van der Waals surface area contributed by atoms with E-state index in [-0.39, 0.29) is 11.7 Å². The molecule has 2 N–H and O–H groups in total. The highest BCUT2D eigenvalue weighted by molar-refractivity contribution is 8.00. The Morgan fingerprint density at radius 3 is 2.52 bits per heavy atom. The van der Waals surface area contributed by atoms with Crippen molar-refractivity contribution in [2.75, 3.05) is 26.0 Å². The van der Waals surface area contributed by atoms with Crippen LogP contribution in [0.15, 0.2) is 53.4 Å². The van der Waals surface area contributed by atoms with Crippen LogP contribution in [0.2, 0.25) is 0 Å². The quantitative estimate of drug-likeness (QED) is 0.737. The van der Waals surface area contributed by atoms with Gasteiger partial charge >= 0.3 is 0 Å². The van der Waals surface area contributed by atoms with E-state index in [0.29, 0.717) is 18.7 Å². The number of aryl methyl sites for hydroxylation is 1. The summed E-state index contributed by atoms with van der Waals surface area (Å²) in [5.74, 6) is 0.443. The van der Waals surface area contributed by atoms with Gasteiger partial charge in [0.25, 0.3) is 5.91 Å². The first kappa shape index (κ1) is 18.9. The molecule has 0 fully saturated rings. The fourth-order valence-electron chi connectivity index (χ4n) is 2.24. The average Bonchev–Trinajstić information content (AvgIpc) is 2.61. The Morgan fingerprint density at radius 1 is 1.12 bits per heavy atom. The van der Waals surface area contributed by atoms with Crippen LogP contribution in [0.25, 0.3) is 0 Å². The number of ether oxygens (including phenoxy) is 1. The third kappa shape index (κ3) is 5.53. The summed E-state index contributed by atoms with van der Waals surface area (Å²) in [5.41, 5.74) is 6.81. The van der Waals surface area contributed by atoms with E-state index in [2.05, 4.69) is 0 Å². The summed E-state index contributed by atoms with van der Waals surface area (Å²) in [6, 6.07) is 15.0. The molecule has 0 atom stereocenters. The van der Waals surface area contributed by atoms with Gasteiger partial charge in [-0.05, 0) is 30.7 Å². The molecule has 25 heavy (non-hydrogen) atoms. The zero-order valence-electron chi connectivity index (χ0n) is 14.4. The Morgan fingerprint density at radius 2 is 1.80 bits per heavy atom. The van der Waals surface area contributed by atoms with Crippen molar-refractivity contribution >= 4 is 23.6 Å². The number of para-hydroxylation sites is 1. The van der Waals surface area contributed by atoms with Crippen molar-refractivity contribution in [1.82, 2.24) is 4.90 Å². The molecule has 6 heteroatoms. The van der Waals surface area contributed by atoms with Gasteiger partial charge in [0.05, 0.1) is 17.9 Å². The molecule has 0 aromatic heterocycles. The Labute approximate surface area is 152 Å². The van der Waals surface area contributed by atoms with E-state index in [4.69, 9.17) is 10.5 Å². The number of hydrogen-bond acceptors (Lipinski definition) is 4.